The van der Waals surface area contributed by atoms with Crippen molar-refractivity contribution in [3.63, 3.8) is 0 Å². The Kier molecular flexibility index (Phi) is 4.91. The summed E-state index contributed by atoms with van der Waals surface area (Å²) in [5.41, 5.74) is 5.91. The Morgan fingerprint density at radius 2 is 2.31 bits per heavy atom. The van der Waals surface area contributed by atoms with Gasteiger partial charge in [0, 0.05) is 41.9 Å². The Labute approximate surface area is 83.1 Å². The normalized spacial score (nSPS) is 28.3. The first-order chi connectivity index (χ1) is 6.18. The van der Waals surface area contributed by atoms with Crippen molar-refractivity contribution in [2.75, 3.05) is 31.6 Å². The Hall–Kier alpha value is 0.0700. The van der Waals surface area contributed by atoms with E-state index < -0.39 is 10.8 Å². The highest BCUT2D eigenvalue weighted by Crippen LogP contribution is 2.08. The Morgan fingerprint density at radius 1 is 1.54 bits per heavy atom. The van der Waals surface area contributed by atoms with Crippen LogP contribution in [0.25, 0.3) is 0 Å². The number of hydrogen-bond acceptors (Lipinski definition) is 3. The lowest BCUT2D eigenvalue weighted by atomic mass is 10.2. The Bertz CT molecular complexity index is 175. The molecule has 1 rings (SSSR count). The molecule has 4 heteroatoms. The molecule has 0 spiro atoms. The second-order valence-corrected chi connectivity index (χ2v) is 5.39. The van der Waals surface area contributed by atoms with Crippen molar-refractivity contribution in [1.29, 1.82) is 0 Å². The van der Waals surface area contributed by atoms with E-state index in [-0.39, 0.29) is 0 Å². The van der Waals surface area contributed by atoms with E-state index >= 15 is 0 Å². The first kappa shape index (κ1) is 11.1. The van der Waals surface area contributed by atoms with Gasteiger partial charge >= 0.3 is 0 Å². The molecule has 1 aliphatic rings. The predicted octanol–water partition coefficient (Wildman–Crippen LogP) is 0.178. The summed E-state index contributed by atoms with van der Waals surface area (Å²) < 4.78 is 10.9. The molecule has 0 aromatic heterocycles. The van der Waals surface area contributed by atoms with Crippen LogP contribution in [0.1, 0.15) is 19.3 Å². The van der Waals surface area contributed by atoms with Crippen molar-refractivity contribution < 1.29 is 4.21 Å². The Balaban J connectivity index is 2.26. The molecule has 0 saturated carbocycles. The van der Waals surface area contributed by atoms with Gasteiger partial charge in [0.15, 0.2) is 0 Å². The Morgan fingerprint density at radius 3 is 3.00 bits per heavy atom. The maximum Gasteiger partial charge on any atom is 0.0359 e. The maximum atomic E-state index is 10.9. The van der Waals surface area contributed by atoms with Crippen LogP contribution in [0.5, 0.6) is 0 Å². The number of likely N-dealkylation sites (tertiary alicyclic amines) is 1. The van der Waals surface area contributed by atoms with Crippen molar-refractivity contribution in [3.05, 3.63) is 0 Å². The van der Waals surface area contributed by atoms with Gasteiger partial charge in [0.1, 0.15) is 0 Å². The van der Waals surface area contributed by atoms with Crippen molar-refractivity contribution in [3.8, 4) is 0 Å². The minimum Gasteiger partial charge on any atom is -0.327 e. The lowest BCUT2D eigenvalue weighted by molar-refractivity contribution is 0.289. The van der Waals surface area contributed by atoms with Gasteiger partial charge in [-0.15, -0.1) is 0 Å². The minimum atomic E-state index is -0.667. The number of rotatable bonds is 3. The van der Waals surface area contributed by atoms with E-state index in [4.69, 9.17) is 5.73 Å². The summed E-state index contributed by atoms with van der Waals surface area (Å²) >= 11 is 0. The molecule has 0 radical (unpaired) electrons. The van der Waals surface area contributed by atoms with E-state index in [0.717, 1.165) is 31.8 Å². The molecule has 0 aromatic carbocycles. The fourth-order valence-corrected chi connectivity index (χ4v) is 2.23. The largest absolute Gasteiger partial charge is 0.327 e. The molecule has 1 saturated heterocycles. The van der Waals surface area contributed by atoms with E-state index in [2.05, 4.69) is 4.90 Å². The van der Waals surface area contributed by atoms with E-state index in [1.54, 1.807) is 6.26 Å². The van der Waals surface area contributed by atoms with Gasteiger partial charge in [-0.25, -0.2) is 0 Å². The number of nitrogens with two attached hydrogens (primary N) is 1. The molecular formula is C9H20N2OS. The van der Waals surface area contributed by atoms with Gasteiger partial charge in [-0.1, -0.05) is 6.42 Å². The summed E-state index contributed by atoms with van der Waals surface area (Å²) in [6.07, 6.45) is 5.39. The molecule has 0 aliphatic carbocycles. The van der Waals surface area contributed by atoms with Crippen LogP contribution in [0, 0.1) is 0 Å². The lowest BCUT2D eigenvalue weighted by Gasteiger charge is -2.21. The molecule has 1 fully saturated rings. The SMILES string of the molecule is CS(=O)CCN1CCCCC(N)C1. The van der Waals surface area contributed by atoms with Crippen LogP contribution in [-0.2, 0) is 10.8 Å². The highest BCUT2D eigenvalue weighted by molar-refractivity contribution is 7.84. The zero-order chi connectivity index (χ0) is 9.68. The van der Waals surface area contributed by atoms with Crippen LogP contribution < -0.4 is 5.73 Å². The zero-order valence-corrected chi connectivity index (χ0v) is 9.18. The van der Waals surface area contributed by atoms with Gasteiger partial charge in [-0.3, -0.25) is 4.21 Å². The summed E-state index contributed by atoms with van der Waals surface area (Å²) in [6.45, 7) is 3.05. The van der Waals surface area contributed by atoms with Crippen LogP contribution in [-0.4, -0.2) is 46.8 Å². The highest BCUT2D eigenvalue weighted by atomic mass is 32.2. The smallest absolute Gasteiger partial charge is 0.0359 e. The van der Waals surface area contributed by atoms with Gasteiger partial charge in [0.2, 0.25) is 0 Å². The van der Waals surface area contributed by atoms with Gasteiger partial charge in [0.05, 0.1) is 0 Å². The zero-order valence-electron chi connectivity index (χ0n) is 8.37. The fraction of sp³-hybridized carbons (Fsp3) is 1.00. The van der Waals surface area contributed by atoms with Gasteiger partial charge in [0.25, 0.3) is 0 Å². The third kappa shape index (κ3) is 4.74. The molecule has 2 unspecified atom stereocenters. The van der Waals surface area contributed by atoms with E-state index in [1.807, 2.05) is 0 Å². The van der Waals surface area contributed by atoms with Crippen molar-refractivity contribution in [2.45, 2.75) is 25.3 Å². The lowest BCUT2D eigenvalue weighted by Crippen LogP contribution is -2.37. The summed E-state index contributed by atoms with van der Waals surface area (Å²) in [7, 11) is -0.667. The number of hydrogen-bond donors (Lipinski definition) is 1. The molecule has 0 aromatic rings. The molecule has 1 heterocycles. The second-order valence-electron chi connectivity index (χ2n) is 3.83. The molecule has 2 atom stereocenters. The second kappa shape index (κ2) is 5.73. The summed E-state index contributed by atoms with van der Waals surface area (Å²) in [5, 5.41) is 0. The standard InChI is InChI=1S/C9H20N2OS/c1-13(12)7-6-11-5-3-2-4-9(10)8-11/h9H,2-8,10H2,1H3. The van der Waals surface area contributed by atoms with Crippen molar-refractivity contribution >= 4 is 10.8 Å². The van der Waals surface area contributed by atoms with Crippen LogP contribution in [0.3, 0.4) is 0 Å². The highest BCUT2D eigenvalue weighted by Gasteiger charge is 2.14. The topological polar surface area (TPSA) is 46.3 Å². The molecule has 0 amide bonds. The van der Waals surface area contributed by atoms with Gasteiger partial charge in [-0.05, 0) is 19.4 Å². The van der Waals surface area contributed by atoms with Crippen molar-refractivity contribution in [2.24, 2.45) is 5.73 Å². The fourth-order valence-electron chi connectivity index (χ4n) is 1.72. The predicted molar refractivity (Wildman–Crippen MR) is 57.2 cm³/mol. The van der Waals surface area contributed by atoms with Gasteiger partial charge < -0.3 is 10.6 Å². The number of nitrogens with zero attached hydrogens (tertiary/aromatic N) is 1. The molecular weight excluding hydrogens is 184 g/mol. The van der Waals surface area contributed by atoms with E-state index in [1.165, 1.54) is 12.8 Å². The van der Waals surface area contributed by atoms with Crippen LogP contribution >= 0.6 is 0 Å². The molecule has 2 N–H and O–H groups in total. The third-order valence-corrected chi connectivity index (χ3v) is 3.24. The van der Waals surface area contributed by atoms with Crippen molar-refractivity contribution in [1.82, 2.24) is 4.90 Å². The van der Waals surface area contributed by atoms with Crippen LogP contribution in [0.15, 0.2) is 0 Å². The monoisotopic (exact) mass is 204 g/mol. The molecule has 0 bridgehead atoms. The summed E-state index contributed by atoms with van der Waals surface area (Å²) in [4.78, 5) is 2.35. The van der Waals surface area contributed by atoms with Gasteiger partial charge in [-0.2, -0.15) is 0 Å². The average Bonchev–Trinajstić information content (AvgIpc) is 2.26. The first-order valence-electron chi connectivity index (χ1n) is 4.96. The molecule has 3 nitrogen and oxygen atoms in total. The third-order valence-electron chi connectivity index (χ3n) is 2.49. The van der Waals surface area contributed by atoms with Crippen LogP contribution in [0.2, 0.25) is 0 Å². The first-order valence-corrected chi connectivity index (χ1v) is 6.69. The average molecular weight is 204 g/mol. The van der Waals surface area contributed by atoms with E-state index in [9.17, 15) is 4.21 Å². The molecule has 1 aliphatic heterocycles. The minimum absolute atomic E-state index is 0.327. The quantitative estimate of drug-likeness (QED) is 0.713. The molecule has 13 heavy (non-hydrogen) atoms. The summed E-state index contributed by atoms with van der Waals surface area (Å²) in [5.74, 6) is 0.784. The van der Waals surface area contributed by atoms with Crippen LogP contribution in [0.4, 0.5) is 0 Å². The summed E-state index contributed by atoms with van der Waals surface area (Å²) in [6, 6.07) is 0.327. The maximum absolute atomic E-state index is 10.9. The molecule has 78 valence electrons. The van der Waals surface area contributed by atoms with E-state index in [0.29, 0.717) is 6.04 Å².